The number of amides is 1. The van der Waals surface area contributed by atoms with Gasteiger partial charge in [-0.1, -0.05) is 0 Å². The van der Waals surface area contributed by atoms with Crippen LogP contribution in [0, 0.1) is 0 Å². The topological polar surface area (TPSA) is 73.4 Å². The average molecular weight is 383 g/mol. The Labute approximate surface area is 167 Å². The molecule has 7 heteroatoms. The fourth-order valence-corrected chi connectivity index (χ4v) is 3.26. The molecule has 0 atom stereocenters. The van der Waals surface area contributed by atoms with Crippen LogP contribution in [0.1, 0.15) is 36.2 Å². The van der Waals surface area contributed by atoms with E-state index in [1.54, 1.807) is 12.1 Å². The first-order chi connectivity index (χ1) is 13.6. The molecule has 1 aromatic carbocycles. The number of carbonyl (C=O) groups excluding carboxylic acids is 1. The van der Waals surface area contributed by atoms with Gasteiger partial charge < -0.3 is 20.4 Å². The highest BCUT2D eigenvalue weighted by Gasteiger charge is 2.11. The summed E-state index contributed by atoms with van der Waals surface area (Å²) < 4.78 is 0. The number of hydrogen-bond acceptors (Lipinski definition) is 6. The summed E-state index contributed by atoms with van der Waals surface area (Å²) in [6, 6.07) is 11.8. The van der Waals surface area contributed by atoms with Crippen molar-refractivity contribution in [3.8, 4) is 0 Å². The number of aromatic nitrogens is 2. The standard InChI is InChI=1S/C21H30N6O/c1-26(2)14-6-13-22-21(28)19-11-12-20(25-24-19)23-17-7-9-18(10-8-17)27-15-4-3-5-16-27/h7-12H,3-6,13-16H2,1-2H3,(H,22,28)(H,23,25). The Morgan fingerprint density at radius 3 is 2.43 bits per heavy atom. The molecule has 0 saturated carbocycles. The lowest BCUT2D eigenvalue weighted by Crippen LogP contribution is -2.29. The van der Waals surface area contributed by atoms with Gasteiger partial charge in [-0.2, -0.15) is 0 Å². The third-order valence-corrected chi connectivity index (χ3v) is 4.83. The summed E-state index contributed by atoms with van der Waals surface area (Å²) in [5.41, 5.74) is 2.55. The van der Waals surface area contributed by atoms with Crippen LogP contribution in [0.3, 0.4) is 0 Å². The largest absolute Gasteiger partial charge is 0.372 e. The summed E-state index contributed by atoms with van der Waals surface area (Å²) in [7, 11) is 4.03. The Morgan fingerprint density at radius 2 is 1.79 bits per heavy atom. The zero-order valence-corrected chi connectivity index (χ0v) is 16.8. The third-order valence-electron chi connectivity index (χ3n) is 4.83. The van der Waals surface area contributed by atoms with Gasteiger partial charge >= 0.3 is 0 Å². The normalized spacial score (nSPS) is 14.2. The highest BCUT2D eigenvalue weighted by atomic mass is 16.1. The van der Waals surface area contributed by atoms with E-state index < -0.39 is 0 Å². The van der Waals surface area contributed by atoms with Crippen LogP contribution in [-0.2, 0) is 0 Å². The molecule has 0 bridgehead atoms. The van der Waals surface area contributed by atoms with Gasteiger partial charge in [0, 0.05) is 31.0 Å². The van der Waals surface area contributed by atoms with Crippen LogP contribution in [0.15, 0.2) is 36.4 Å². The molecule has 1 amide bonds. The molecule has 1 aromatic heterocycles. The van der Waals surface area contributed by atoms with Gasteiger partial charge in [0.25, 0.3) is 5.91 Å². The van der Waals surface area contributed by atoms with E-state index in [0.29, 0.717) is 18.1 Å². The molecule has 3 rings (SSSR count). The van der Waals surface area contributed by atoms with Crippen molar-refractivity contribution in [1.82, 2.24) is 20.4 Å². The SMILES string of the molecule is CN(C)CCCNC(=O)c1ccc(Nc2ccc(N3CCCCC3)cc2)nn1. The van der Waals surface area contributed by atoms with Gasteiger partial charge in [0.05, 0.1) is 0 Å². The molecule has 1 aliphatic rings. The fraction of sp³-hybridized carbons (Fsp3) is 0.476. The van der Waals surface area contributed by atoms with Crippen molar-refractivity contribution in [2.45, 2.75) is 25.7 Å². The lowest BCUT2D eigenvalue weighted by Gasteiger charge is -2.28. The molecule has 7 nitrogen and oxygen atoms in total. The summed E-state index contributed by atoms with van der Waals surface area (Å²) in [5, 5.41) is 14.3. The Hall–Kier alpha value is -2.67. The predicted molar refractivity (Wildman–Crippen MR) is 113 cm³/mol. The summed E-state index contributed by atoms with van der Waals surface area (Å²) >= 11 is 0. The van der Waals surface area contributed by atoms with E-state index >= 15 is 0 Å². The van der Waals surface area contributed by atoms with Crippen molar-refractivity contribution in [3.05, 3.63) is 42.1 Å². The highest BCUT2D eigenvalue weighted by Crippen LogP contribution is 2.23. The van der Waals surface area contributed by atoms with Crippen molar-refractivity contribution in [2.75, 3.05) is 50.5 Å². The van der Waals surface area contributed by atoms with Gasteiger partial charge in [0.15, 0.2) is 11.5 Å². The summed E-state index contributed by atoms with van der Waals surface area (Å²) in [4.78, 5) is 16.6. The number of nitrogens with one attached hydrogen (secondary N) is 2. The van der Waals surface area contributed by atoms with Crippen LogP contribution >= 0.6 is 0 Å². The van der Waals surface area contributed by atoms with E-state index in [9.17, 15) is 4.79 Å². The minimum Gasteiger partial charge on any atom is -0.372 e. The zero-order chi connectivity index (χ0) is 19.8. The molecule has 0 unspecified atom stereocenters. The maximum Gasteiger partial charge on any atom is 0.271 e. The van der Waals surface area contributed by atoms with Crippen molar-refractivity contribution in [2.24, 2.45) is 0 Å². The molecule has 0 aliphatic carbocycles. The number of hydrogen-bond donors (Lipinski definition) is 2. The number of anilines is 3. The van der Waals surface area contributed by atoms with Crippen molar-refractivity contribution in [3.63, 3.8) is 0 Å². The molecule has 2 heterocycles. The van der Waals surface area contributed by atoms with Crippen LogP contribution < -0.4 is 15.5 Å². The quantitative estimate of drug-likeness (QED) is 0.684. The second-order valence-electron chi connectivity index (χ2n) is 7.44. The minimum absolute atomic E-state index is 0.191. The molecule has 1 fully saturated rings. The molecule has 2 N–H and O–H groups in total. The smallest absolute Gasteiger partial charge is 0.271 e. The third kappa shape index (κ3) is 5.92. The first-order valence-corrected chi connectivity index (χ1v) is 10.0. The van der Waals surface area contributed by atoms with Gasteiger partial charge in [-0.3, -0.25) is 4.79 Å². The summed E-state index contributed by atoms with van der Waals surface area (Å²) in [6.45, 7) is 3.83. The number of rotatable bonds is 8. The molecule has 1 saturated heterocycles. The van der Waals surface area contributed by atoms with Crippen molar-refractivity contribution in [1.29, 1.82) is 0 Å². The van der Waals surface area contributed by atoms with Gasteiger partial charge in [-0.15, -0.1) is 10.2 Å². The van der Waals surface area contributed by atoms with Gasteiger partial charge in [0.2, 0.25) is 0 Å². The maximum absolute atomic E-state index is 12.1. The van der Waals surface area contributed by atoms with Crippen LogP contribution in [-0.4, -0.2) is 61.3 Å². The van der Waals surface area contributed by atoms with Crippen LogP contribution in [0.5, 0.6) is 0 Å². The molecule has 0 spiro atoms. The minimum atomic E-state index is -0.191. The van der Waals surface area contributed by atoms with Crippen molar-refractivity contribution >= 4 is 23.1 Å². The average Bonchev–Trinajstić information content (AvgIpc) is 2.73. The Kier molecular flexibility index (Phi) is 7.19. The first kappa shape index (κ1) is 20.1. The predicted octanol–water partition coefficient (Wildman–Crippen LogP) is 2.89. The van der Waals surface area contributed by atoms with E-state index in [1.165, 1.54) is 24.9 Å². The lowest BCUT2D eigenvalue weighted by molar-refractivity contribution is 0.0946. The lowest BCUT2D eigenvalue weighted by atomic mass is 10.1. The first-order valence-electron chi connectivity index (χ1n) is 10.0. The number of benzene rings is 1. The highest BCUT2D eigenvalue weighted by molar-refractivity contribution is 5.92. The van der Waals surface area contributed by atoms with Gasteiger partial charge in [-0.05, 0) is 82.7 Å². The van der Waals surface area contributed by atoms with Crippen molar-refractivity contribution < 1.29 is 4.79 Å². The molecule has 1 aliphatic heterocycles. The van der Waals surface area contributed by atoms with E-state index in [1.807, 2.05) is 14.1 Å². The summed E-state index contributed by atoms with van der Waals surface area (Å²) in [5.74, 6) is 0.429. The Morgan fingerprint density at radius 1 is 1.04 bits per heavy atom. The van der Waals surface area contributed by atoms with Crippen LogP contribution in [0.4, 0.5) is 17.2 Å². The van der Waals surface area contributed by atoms with E-state index in [4.69, 9.17) is 0 Å². The summed E-state index contributed by atoms with van der Waals surface area (Å²) in [6.07, 6.45) is 4.77. The second-order valence-corrected chi connectivity index (χ2v) is 7.44. The van der Waals surface area contributed by atoms with Gasteiger partial charge in [-0.25, -0.2) is 0 Å². The van der Waals surface area contributed by atoms with E-state index in [0.717, 1.165) is 31.7 Å². The van der Waals surface area contributed by atoms with E-state index in [2.05, 4.69) is 54.9 Å². The fourth-order valence-electron chi connectivity index (χ4n) is 3.26. The molecule has 28 heavy (non-hydrogen) atoms. The van der Waals surface area contributed by atoms with Gasteiger partial charge in [0.1, 0.15) is 0 Å². The number of carbonyl (C=O) groups is 1. The molecule has 2 aromatic rings. The number of piperidine rings is 1. The molecular formula is C21H30N6O. The van der Waals surface area contributed by atoms with Crippen LogP contribution in [0.2, 0.25) is 0 Å². The van der Waals surface area contributed by atoms with Crippen LogP contribution in [0.25, 0.3) is 0 Å². The second kappa shape index (κ2) is 10.0. The molecule has 150 valence electrons. The zero-order valence-electron chi connectivity index (χ0n) is 16.8. The molecule has 0 radical (unpaired) electrons. The number of nitrogens with zero attached hydrogens (tertiary/aromatic N) is 4. The Balaban J connectivity index is 1.50. The maximum atomic E-state index is 12.1. The monoisotopic (exact) mass is 382 g/mol. The Bertz CT molecular complexity index is 738. The molecular weight excluding hydrogens is 352 g/mol. The van der Waals surface area contributed by atoms with E-state index in [-0.39, 0.29) is 5.91 Å².